The second-order valence-corrected chi connectivity index (χ2v) is 7.13. The van der Waals surface area contributed by atoms with Gasteiger partial charge in [-0.3, -0.25) is 20.3 Å². The number of allylic oxidation sites excluding steroid dienone is 4. The molecule has 0 rings (SSSR count). The van der Waals surface area contributed by atoms with Crippen molar-refractivity contribution in [3.63, 3.8) is 0 Å². The highest BCUT2D eigenvalue weighted by atomic mass is 16.4. The molecule has 0 heterocycles. The van der Waals surface area contributed by atoms with E-state index < -0.39 is 5.97 Å². The first-order valence-electron chi connectivity index (χ1n) is 10.6. The first-order valence-corrected chi connectivity index (χ1v) is 10.6. The van der Waals surface area contributed by atoms with Crippen LogP contribution >= 0.6 is 0 Å². The molecule has 0 radical (unpaired) electrons. The molecule has 0 aliphatic heterocycles. The lowest BCUT2D eigenvalue weighted by atomic mass is 10.1. The summed E-state index contributed by atoms with van der Waals surface area (Å²) in [5.41, 5.74) is 0. The van der Waals surface area contributed by atoms with E-state index in [0.717, 1.165) is 38.5 Å². The minimum atomic E-state index is -1.03. The van der Waals surface area contributed by atoms with Gasteiger partial charge in [0.1, 0.15) is 6.54 Å². The lowest BCUT2D eigenvalue weighted by Gasteiger charge is -2.17. The van der Waals surface area contributed by atoms with Gasteiger partial charge >= 0.3 is 5.97 Å². The van der Waals surface area contributed by atoms with Crippen LogP contribution < -0.4 is 5.32 Å². The van der Waals surface area contributed by atoms with Gasteiger partial charge < -0.3 is 10.0 Å². The smallest absolute Gasteiger partial charge is 0.323 e. The topological polar surface area (TPSA) is 93.5 Å². The predicted octanol–water partition coefficient (Wildman–Crippen LogP) is 4.87. The van der Waals surface area contributed by atoms with E-state index >= 15 is 0 Å². The molecule has 0 unspecified atom stereocenters. The Kier molecular flexibility index (Phi) is 16.9. The first kappa shape index (κ1) is 25.9. The number of carbonyl (C=O) groups excluding carboxylic acids is 1. The minimum absolute atomic E-state index is 0.171. The number of hydrogen-bond acceptors (Lipinski definition) is 3. The third-order valence-electron chi connectivity index (χ3n) is 4.37. The van der Waals surface area contributed by atoms with Gasteiger partial charge in [-0.15, -0.1) is 0 Å². The van der Waals surface area contributed by atoms with Crippen molar-refractivity contribution in [2.45, 2.75) is 84.0 Å². The average Bonchev–Trinajstić information content (AvgIpc) is 2.64. The summed E-state index contributed by atoms with van der Waals surface area (Å²) < 4.78 is 0. The van der Waals surface area contributed by atoms with Crippen molar-refractivity contribution in [3.05, 3.63) is 24.3 Å². The normalized spacial score (nSPS) is 11.2. The maximum Gasteiger partial charge on any atom is 0.323 e. The summed E-state index contributed by atoms with van der Waals surface area (Å²) in [6.45, 7) is 1.92. The van der Waals surface area contributed by atoms with Crippen LogP contribution in [0.15, 0.2) is 24.3 Å². The van der Waals surface area contributed by atoms with Gasteiger partial charge in [-0.2, -0.15) is 0 Å². The van der Waals surface area contributed by atoms with E-state index in [2.05, 4.69) is 36.5 Å². The number of nitrogens with zero attached hydrogens (tertiary/aromatic N) is 1. The lowest BCUT2D eigenvalue weighted by molar-refractivity contribution is -0.137. The van der Waals surface area contributed by atoms with Crippen LogP contribution in [0.25, 0.3) is 0 Å². The van der Waals surface area contributed by atoms with E-state index in [4.69, 9.17) is 10.5 Å². The van der Waals surface area contributed by atoms with Crippen LogP contribution in [0.1, 0.15) is 84.0 Å². The Morgan fingerprint density at radius 1 is 0.929 bits per heavy atom. The maximum absolute atomic E-state index is 11.7. The maximum atomic E-state index is 11.7. The SMILES string of the molecule is CCCCC/C=C\C/C=C\CCCCCCCC(=O)NC(=N)N(C)CC(=O)O. The molecule has 0 atom stereocenters. The van der Waals surface area contributed by atoms with Gasteiger partial charge in [0.2, 0.25) is 5.91 Å². The van der Waals surface area contributed by atoms with E-state index in [0.29, 0.717) is 6.42 Å². The number of hydrogen-bond donors (Lipinski definition) is 3. The van der Waals surface area contributed by atoms with Crippen molar-refractivity contribution < 1.29 is 14.7 Å². The van der Waals surface area contributed by atoms with E-state index in [1.54, 1.807) is 0 Å². The number of carbonyl (C=O) groups is 2. The number of nitrogens with one attached hydrogen (secondary N) is 2. The highest BCUT2D eigenvalue weighted by Crippen LogP contribution is 2.08. The molecular formula is C22H39N3O3. The molecule has 1 amide bonds. The van der Waals surface area contributed by atoms with E-state index in [-0.39, 0.29) is 18.4 Å². The first-order chi connectivity index (χ1) is 13.5. The van der Waals surface area contributed by atoms with Crippen LogP contribution in [0.3, 0.4) is 0 Å². The van der Waals surface area contributed by atoms with Crippen LogP contribution in [0, 0.1) is 5.41 Å². The van der Waals surface area contributed by atoms with Crippen molar-refractivity contribution in [2.24, 2.45) is 0 Å². The summed E-state index contributed by atoms with van der Waals surface area (Å²) in [4.78, 5) is 23.5. The predicted molar refractivity (Wildman–Crippen MR) is 115 cm³/mol. The molecular weight excluding hydrogens is 354 g/mol. The molecule has 160 valence electrons. The number of rotatable bonds is 16. The fourth-order valence-electron chi connectivity index (χ4n) is 2.67. The number of guanidine groups is 1. The molecule has 0 spiro atoms. The molecule has 0 aromatic carbocycles. The van der Waals surface area contributed by atoms with Crippen LogP contribution in [-0.4, -0.2) is 41.4 Å². The highest BCUT2D eigenvalue weighted by Gasteiger charge is 2.11. The standard InChI is InChI=1S/C22H39N3O3/c1-3-4-5-6-7-8-9-10-11-12-13-14-15-16-17-18-20(26)24-22(23)25(2)19-21(27)28/h7-8,10-11H,3-6,9,12-19H2,1-2H3,(H,27,28)(H2,23,24,26)/b8-7-,11-10-. The Morgan fingerprint density at radius 3 is 2.11 bits per heavy atom. The van der Waals surface area contributed by atoms with E-state index in [9.17, 15) is 9.59 Å². The van der Waals surface area contributed by atoms with E-state index in [1.165, 1.54) is 44.1 Å². The number of unbranched alkanes of at least 4 members (excludes halogenated alkanes) is 8. The zero-order valence-corrected chi connectivity index (χ0v) is 17.7. The molecule has 0 aromatic rings. The fourth-order valence-corrected chi connectivity index (χ4v) is 2.67. The van der Waals surface area contributed by atoms with Gasteiger partial charge in [0.15, 0.2) is 5.96 Å². The van der Waals surface area contributed by atoms with Crippen LogP contribution in [0.2, 0.25) is 0 Å². The van der Waals surface area contributed by atoms with Crippen molar-refractivity contribution in [1.82, 2.24) is 10.2 Å². The average molecular weight is 394 g/mol. The summed E-state index contributed by atoms with van der Waals surface area (Å²) in [6.07, 6.45) is 21.8. The number of aliphatic carboxylic acids is 1. The number of likely N-dealkylation sites (N-methyl/N-ethyl adjacent to an activating group) is 1. The molecule has 3 N–H and O–H groups in total. The third kappa shape index (κ3) is 17.3. The molecule has 0 saturated heterocycles. The molecule has 6 heteroatoms. The zero-order chi connectivity index (χ0) is 21.0. The molecule has 6 nitrogen and oxygen atoms in total. The monoisotopic (exact) mass is 393 g/mol. The van der Waals surface area contributed by atoms with Crippen LogP contribution in [0.4, 0.5) is 0 Å². The molecule has 0 aromatic heterocycles. The summed E-state index contributed by atoms with van der Waals surface area (Å²) in [6, 6.07) is 0. The number of carboxylic acid groups (broad SMARTS) is 1. The van der Waals surface area contributed by atoms with Crippen molar-refractivity contribution in [1.29, 1.82) is 5.41 Å². The Balaban J connectivity index is 3.51. The van der Waals surface area contributed by atoms with Crippen molar-refractivity contribution in [3.8, 4) is 0 Å². The Hall–Kier alpha value is -2.11. The number of amides is 1. The van der Waals surface area contributed by atoms with Crippen molar-refractivity contribution in [2.75, 3.05) is 13.6 Å². The van der Waals surface area contributed by atoms with Gasteiger partial charge in [-0.1, -0.05) is 63.3 Å². The summed E-state index contributed by atoms with van der Waals surface area (Å²) >= 11 is 0. The highest BCUT2D eigenvalue weighted by molar-refractivity contribution is 5.96. The van der Waals surface area contributed by atoms with Crippen LogP contribution in [0.5, 0.6) is 0 Å². The zero-order valence-electron chi connectivity index (χ0n) is 17.7. The second kappa shape index (κ2) is 18.3. The third-order valence-corrected chi connectivity index (χ3v) is 4.37. The lowest BCUT2D eigenvalue weighted by Crippen LogP contribution is -2.43. The molecule has 0 aliphatic rings. The van der Waals surface area contributed by atoms with Gasteiger partial charge in [-0.05, 0) is 38.5 Å². The van der Waals surface area contributed by atoms with Gasteiger partial charge in [-0.25, -0.2) is 0 Å². The van der Waals surface area contributed by atoms with Gasteiger partial charge in [0, 0.05) is 13.5 Å². The Bertz CT molecular complexity index is 501. The largest absolute Gasteiger partial charge is 0.480 e. The van der Waals surface area contributed by atoms with Crippen molar-refractivity contribution >= 4 is 17.8 Å². The fraction of sp³-hybridized carbons (Fsp3) is 0.682. The van der Waals surface area contributed by atoms with Gasteiger partial charge in [0.05, 0.1) is 0 Å². The summed E-state index contributed by atoms with van der Waals surface area (Å²) in [5.74, 6) is -1.43. The van der Waals surface area contributed by atoms with Crippen LogP contribution in [-0.2, 0) is 9.59 Å². The minimum Gasteiger partial charge on any atom is -0.480 e. The molecule has 0 saturated carbocycles. The quantitative estimate of drug-likeness (QED) is 0.151. The Morgan fingerprint density at radius 2 is 1.50 bits per heavy atom. The summed E-state index contributed by atoms with van der Waals surface area (Å²) in [5, 5.41) is 18.7. The molecule has 0 fully saturated rings. The molecule has 0 bridgehead atoms. The second-order valence-electron chi connectivity index (χ2n) is 7.13. The van der Waals surface area contributed by atoms with Gasteiger partial charge in [0.25, 0.3) is 0 Å². The van der Waals surface area contributed by atoms with E-state index in [1.807, 2.05) is 0 Å². The number of carboxylic acids is 1. The Labute approximate surface area is 170 Å². The summed E-state index contributed by atoms with van der Waals surface area (Å²) in [7, 11) is 1.47. The molecule has 0 aliphatic carbocycles. The molecule has 28 heavy (non-hydrogen) atoms.